The van der Waals surface area contributed by atoms with Crippen molar-refractivity contribution in [3.8, 4) is 5.75 Å². The highest BCUT2D eigenvalue weighted by molar-refractivity contribution is 6.35. The van der Waals surface area contributed by atoms with E-state index in [-0.39, 0.29) is 28.1 Å². The van der Waals surface area contributed by atoms with E-state index in [2.05, 4.69) is 0 Å². The number of carboxylic acids is 1. The molecule has 1 aliphatic rings. The van der Waals surface area contributed by atoms with Crippen molar-refractivity contribution < 1.29 is 29.2 Å². The number of fused-ring (bicyclic) bond motifs is 1. The summed E-state index contributed by atoms with van der Waals surface area (Å²) in [6, 6.07) is 7.00. The number of nitro benzene ring substituents is 1. The van der Waals surface area contributed by atoms with Crippen molar-refractivity contribution in [1.29, 1.82) is 0 Å². The lowest BCUT2D eigenvalue weighted by Crippen LogP contribution is -2.30. The summed E-state index contributed by atoms with van der Waals surface area (Å²) >= 11 is 0. The molecule has 2 aromatic carbocycles. The fraction of sp³-hybridized carbons (Fsp3) is 0.0625. The molecule has 2 amide bonds. The van der Waals surface area contributed by atoms with Crippen LogP contribution in [-0.2, 0) is 0 Å². The second-order valence-corrected chi connectivity index (χ2v) is 5.11. The fourth-order valence-electron chi connectivity index (χ4n) is 2.55. The lowest BCUT2D eigenvalue weighted by atomic mass is 10.1. The average Bonchev–Trinajstić information content (AvgIpc) is 2.84. The van der Waals surface area contributed by atoms with Crippen molar-refractivity contribution in [2.24, 2.45) is 0 Å². The first kappa shape index (κ1) is 16.1. The van der Waals surface area contributed by atoms with Gasteiger partial charge in [0.1, 0.15) is 11.4 Å². The summed E-state index contributed by atoms with van der Waals surface area (Å²) in [6.07, 6.45) is 0. The maximum absolute atomic E-state index is 12.5. The molecule has 0 fully saturated rings. The van der Waals surface area contributed by atoms with Gasteiger partial charge in [-0.15, -0.1) is 0 Å². The van der Waals surface area contributed by atoms with Crippen LogP contribution in [0, 0.1) is 10.1 Å². The van der Waals surface area contributed by atoms with Crippen LogP contribution in [0.3, 0.4) is 0 Å². The predicted molar refractivity (Wildman–Crippen MR) is 81.6 cm³/mol. The number of benzene rings is 2. The second-order valence-electron chi connectivity index (χ2n) is 5.11. The van der Waals surface area contributed by atoms with Crippen molar-refractivity contribution in [2.45, 2.75) is 0 Å². The van der Waals surface area contributed by atoms with Crippen LogP contribution >= 0.6 is 0 Å². The minimum absolute atomic E-state index is 0.0416. The number of imide groups is 1. The van der Waals surface area contributed by atoms with Gasteiger partial charge in [0.15, 0.2) is 0 Å². The molecule has 2 aromatic rings. The van der Waals surface area contributed by atoms with E-state index in [1.165, 1.54) is 25.3 Å². The molecule has 25 heavy (non-hydrogen) atoms. The zero-order valence-corrected chi connectivity index (χ0v) is 12.7. The molecular formula is C16H9N2O7-. The van der Waals surface area contributed by atoms with Gasteiger partial charge in [-0.1, -0.05) is 6.07 Å². The molecule has 3 rings (SSSR count). The lowest BCUT2D eigenvalue weighted by Gasteiger charge is -2.14. The van der Waals surface area contributed by atoms with Gasteiger partial charge in [-0.2, -0.15) is 0 Å². The van der Waals surface area contributed by atoms with Gasteiger partial charge in [-0.05, 0) is 29.8 Å². The lowest BCUT2D eigenvalue weighted by molar-refractivity contribution is -0.384. The third kappa shape index (κ3) is 2.47. The molecule has 9 heteroatoms. The topological polar surface area (TPSA) is 130 Å². The number of nitrogens with zero attached hydrogens (tertiary/aromatic N) is 2. The summed E-state index contributed by atoms with van der Waals surface area (Å²) in [5.41, 5.74) is -1.19. The summed E-state index contributed by atoms with van der Waals surface area (Å²) in [5, 5.41) is 22.2. The van der Waals surface area contributed by atoms with Gasteiger partial charge in [0.2, 0.25) is 0 Å². The number of methoxy groups -OCH3 is 1. The van der Waals surface area contributed by atoms with Crippen LogP contribution in [0.5, 0.6) is 5.75 Å². The van der Waals surface area contributed by atoms with Gasteiger partial charge < -0.3 is 14.6 Å². The van der Waals surface area contributed by atoms with Crippen molar-refractivity contribution in [1.82, 2.24) is 0 Å². The Labute approximate surface area is 140 Å². The van der Waals surface area contributed by atoms with Crippen molar-refractivity contribution in [2.75, 3.05) is 12.0 Å². The maximum Gasteiger partial charge on any atom is 0.297 e. The maximum atomic E-state index is 12.5. The van der Waals surface area contributed by atoms with Crippen molar-refractivity contribution in [3.05, 3.63) is 63.2 Å². The molecule has 0 saturated carbocycles. The molecule has 0 N–H and O–H groups in total. The van der Waals surface area contributed by atoms with Crippen molar-refractivity contribution in [3.63, 3.8) is 0 Å². The van der Waals surface area contributed by atoms with Gasteiger partial charge in [0, 0.05) is 0 Å². The van der Waals surface area contributed by atoms with E-state index in [1.54, 1.807) is 0 Å². The largest absolute Gasteiger partial charge is 0.545 e. The average molecular weight is 341 g/mol. The van der Waals surface area contributed by atoms with E-state index in [0.29, 0.717) is 4.90 Å². The number of carbonyl (C=O) groups excluding carboxylic acids is 3. The third-order valence-electron chi connectivity index (χ3n) is 3.74. The molecule has 0 bridgehead atoms. The molecule has 0 spiro atoms. The number of amides is 2. The number of carbonyl (C=O) groups is 3. The van der Waals surface area contributed by atoms with E-state index in [0.717, 1.165) is 18.2 Å². The van der Waals surface area contributed by atoms with Gasteiger partial charge >= 0.3 is 0 Å². The second kappa shape index (κ2) is 5.71. The Kier molecular flexibility index (Phi) is 3.68. The van der Waals surface area contributed by atoms with Gasteiger partial charge in [-0.3, -0.25) is 19.7 Å². The van der Waals surface area contributed by atoms with Crippen LogP contribution in [-0.4, -0.2) is 29.8 Å². The third-order valence-corrected chi connectivity index (χ3v) is 3.74. The number of anilines is 1. The molecule has 0 saturated heterocycles. The quantitative estimate of drug-likeness (QED) is 0.456. The highest BCUT2D eigenvalue weighted by Gasteiger charge is 2.40. The Morgan fingerprint density at radius 1 is 1.08 bits per heavy atom. The Balaban J connectivity index is 2.14. The highest BCUT2D eigenvalue weighted by Crippen LogP contribution is 2.37. The normalized spacial score (nSPS) is 12.9. The Hall–Kier alpha value is -3.75. The van der Waals surface area contributed by atoms with Crippen LogP contribution in [0.1, 0.15) is 31.1 Å². The van der Waals surface area contributed by atoms with Gasteiger partial charge in [0.25, 0.3) is 17.5 Å². The molecule has 0 aliphatic carbocycles. The van der Waals surface area contributed by atoms with Gasteiger partial charge in [-0.25, -0.2) is 4.90 Å². The fourth-order valence-corrected chi connectivity index (χ4v) is 2.55. The van der Waals surface area contributed by atoms with E-state index in [1.807, 2.05) is 0 Å². The van der Waals surface area contributed by atoms with Crippen LogP contribution in [0.15, 0.2) is 36.4 Å². The zero-order chi connectivity index (χ0) is 18.3. The molecule has 0 aromatic heterocycles. The molecule has 1 heterocycles. The summed E-state index contributed by atoms with van der Waals surface area (Å²) in [5.74, 6) is -2.95. The standard InChI is InChI=1S/C16H10N2O7/c1-25-9-3-5-12(13(7-9)18(23)24)17-14(19)10-4-2-8(16(21)22)6-11(10)15(17)20/h2-7H,1H3,(H,21,22)/p-1. The molecule has 0 atom stereocenters. The molecule has 0 unspecified atom stereocenters. The van der Waals surface area contributed by atoms with E-state index in [4.69, 9.17) is 4.74 Å². The number of rotatable bonds is 4. The molecule has 126 valence electrons. The first-order chi connectivity index (χ1) is 11.8. The van der Waals surface area contributed by atoms with Crippen LogP contribution < -0.4 is 14.7 Å². The van der Waals surface area contributed by atoms with E-state index < -0.39 is 28.4 Å². The number of carboxylic acid groups (broad SMARTS) is 1. The summed E-state index contributed by atoms with van der Waals surface area (Å²) in [7, 11) is 1.32. The van der Waals surface area contributed by atoms with Crippen LogP contribution in [0.4, 0.5) is 11.4 Å². The monoisotopic (exact) mass is 341 g/mol. The van der Waals surface area contributed by atoms with E-state index in [9.17, 15) is 29.6 Å². The Morgan fingerprint density at radius 2 is 1.76 bits per heavy atom. The number of hydrogen-bond acceptors (Lipinski definition) is 7. The van der Waals surface area contributed by atoms with Gasteiger partial charge in [0.05, 0.1) is 35.2 Å². The molecular weight excluding hydrogens is 332 g/mol. The number of aromatic carboxylic acids is 1. The first-order valence-corrected chi connectivity index (χ1v) is 6.91. The summed E-state index contributed by atoms with van der Waals surface area (Å²) in [6.45, 7) is 0. The first-order valence-electron chi connectivity index (χ1n) is 6.91. The minimum Gasteiger partial charge on any atom is -0.545 e. The summed E-state index contributed by atoms with van der Waals surface area (Å²) < 4.78 is 4.92. The van der Waals surface area contributed by atoms with E-state index >= 15 is 0 Å². The highest BCUT2D eigenvalue weighted by atomic mass is 16.6. The smallest absolute Gasteiger partial charge is 0.297 e. The minimum atomic E-state index is -1.50. The Bertz CT molecular complexity index is 951. The predicted octanol–water partition coefficient (Wildman–Crippen LogP) is 0.767. The van der Waals surface area contributed by atoms with Crippen LogP contribution in [0.2, 0.25) is 0 Å². The number of nitro groups is 1. The number of hydrogen-bond donors (Lipinski definition) is 0. The zero-order valence-electron chi connectivity index (χ0n) is 12.7. The SMILES string of the molecule is COc1ccc(N2C(=O)c3ccc(C(=O)[O-])cc3C2=O)c([N+](=O)[O-])c1. The molecule has 1 aliphatic heterocycles. The van der Waals surface area contributed by atoms with Crippen LogP contribution in [0.25, 0.3) is 0 Å². The van der Waals surface area contributed by atoms with Crippen molar-refractivity contribution >= 4 is 29.2 Å². The summed E-state index contributed by atoms with van der Waals surface area (Å²) in [4.78, 5) is 47.2. The Morgan fingerprint density at radius 3 is 2.36 bits per heavy atom. The molecule has 0 radical (unpaired) electrons. The molecule has 9 nitrogen and oxygen atoms in total. The number of ether oxygens (including phenoxy) is 1.